The quantitative estimate of drug-likeness (QED) is 0.193. The van der Waals surface area contributed by atoms with E-state index in [0.29, 0.717) is 0 Å². The summed E-state index contributed by atoms with van der Waals surface area (Å²) < 4.78 is 0. The second-order valence-corrected chi connectivity index (χ2v) is 7.24. The van der Waals surface area contributed by atoms with Gasteiger partial charge in [-0.1, -0.05) is 43.9 Å². The first kappa shape index (κ1) is 26.4. The first-order chi connectivity index (χ1) is 14.6. The van der Waals surface area contributed by atoms with E-state index in [9.17, 15) is 0 Å². The normalized spacial score (nSPS) is 10.8. The number of rotatable bonds is 0. The minimum atomic E-state index is 0. The van der Waals surface area contributed by atoms with Crippen LogP contribution in [-0.2, 0) is 34.6 Å². The maximum atomic E-state index is 3.72. The smallest absolute Gasteiger partial charge is 0.210 e. The second-order valence-electron chi connectivity index (χ2n) is 7.24. The van der Waals surface area contributed by atoms with E-state index in [-0.39, 0.29) is 21.7 Å². The first-order valence-electron chi connectivity index (χ1n) is 10.5. The Labute approximate surface area is 204 Å². The summed E-state index contributed by atoms with van der Waals surface area (Å²) in [4.78, 5) is 0. The SMILES string of the molecule is [CH2-]c1ccccc1.[CH2-]c1ccccc1.[CH2-]c1ccccc1.[Ti+4].c1cc2c([cH-]1)CCCC2. The molecule has 31 heavy (non-hydrogen) atoms. The van der Waals surface area contributed by atoms with E-state index < -0.39 is 0 Å². The van der Waals surface area contributed by atoms with Gasteiger partial charge >= 0.3 is 21.7 Å². The van der Waals surface area contributed by atoms with Gasteiger partial charge in [-0.05, 0) is 0 Å². The van der Waals surface area contributed by atoms with E-state index in [1.807, 2.05) is 91.0 Å². The molecule has 4 aromatic rings. The van der Waals surface area contributed by atoms with Crippen LogP contribution in [0.15, 0.2) is 109 Å². The predicted octanol–water partition coefficient (Wildman–Crippen LogP) is 7.89. The van der Waals surface area contributed by atoms with Crippen molar-refractivity contribution in [2.45, 2.75) is 25.7 Å². The van der Waals surface area contributed by atoms with Gasteiger partial charge in [0, 0.05) is 0 Å². The molecule has 0 unspecified atom stereocenters. The Bertz CT molecular complexity index is 799. The van der Waals surface area contributed by atoms with Crippen LogP contribution in [0, 0.1) is 20.8 Å². The van der Waals surface area contributed by atoms with Gasteiger partial charge in [0.05, 0.1) is 0 Å². The molecular formula is C30H32Ti. The molecule has 0 aromatic heterocycles. The van der Waals surface area contributed by atoms with Crippen LogP contribution < -0.4 is 0 Å². The Morgan fingerprint density at radius 3 is 1.23 bits per heavy atom. The van der Waals surface area contributed by atoms with Gasteiger partial charge in [0.25, 0.3) is 0 Å². The third-order valence-corrected chi connectivity index (χ3v) is 4.68. The molecule has 0 nitrogen and oxygen atoms in total. The topological polar surface area (TPSA) is 0 Å². The number of aryl methyl sites for hydroxylation is 2. The summed E-state index contributed by atoms with van der Waals surface area (Å²) in [5.41, 5.74) is 6.41. The molecule has 1 aliphatic carbocycles. The number of benzene rings is 3. The standard InChI is InChI=1S/C9H11.3C7H7.Ti/c1-2-5-9-7-3-6-8(9)4-1;3*1-7-5-3-2-4-6-7;/h3,6-7H,1-2,4-5H2;3*2-6H,1H2;/q4*-1;+4. The molecule has 0 saturated heterocycles. The van der Waals surface area contributed by atoms with Crippen LogP contribution >= 0.6 is 0 Å². The van der Waals surface area contributed by atoms with Gasteiger partial charge in [-0.2, -0.15) is 97.1 Å². The molecule has 0 atom stereocenters. The van der Waals surface area contributed by atoms with Gasteiger partial charge in [0.1, 0.15) is 0 Å². The zero-order valence-corrected chi connectivity index (χ0v) is 19.9. The first-order valence-corrected chi connectivity index (χ1v) is 10.5. The average Bonchev–Trinajstić information content (AvgIpc) is 3.26. The van der Waals surface area contributed by atoms with Gasteiger partial charge in [-0.25, -0.2) is 6.07 Å². The molecular weight excluding hydrogens is 408 g/mol. The van der Waals surface area contributed by atoms with Crippen molar-refractivity contribution in [3.05, 3.63) is 158 Å². The second kappa shape index (κ2) is 16.1. The van der Waals surface area contributed by atoms with Crippen LogP contribution in [0.3, 0.4) is 0 Å². The zero-order valence-electron chi connectivity index (χ0n) is 18.3. The van der Waals surface area contributed by atoms with Gasteiger partial charge in [0.15, 0.2) is 0 Å². The summed E-state index contributed by atoms with van der Waals surface area (Å²) in [6.07, 6.45) is 5.44. The van der Waals surface area contributed by atoms with Crippen LogP contribution in [-0.4, -0.2) is 0 Å². The van der Waals surface area contributed by atoms with Gasteiger partial charge in [-0.3, -0.25) is 0 Å². The van der Waals surface area contributed by atoms with Crippen molar-refractivity contribution in [1.82, 2.24) is 0 Å². The summed E-state index contributed by atoms with van der Waals surface area (Å²) in [5.74, 6) is 0. The molecule has 0 heterocycles. The molecule has 0 spiro atoms. The fourth-order valence-corrected chi connectivity index (χ4v) is 3.05. The van der Waals surface area contributed by atoms with Crippen LogP contribution in [0.5, 0.6) is 0 Å². The minimum absolute atomic E-state index is 0. The predicted molar refractivity (Wildman–Crippen MR) is 131 cm³/mol. The summed E-state index contributed by atoms with van der Waals surface area (Å²) >= 11 is 0. The van der Waals surface area contributed by atoms with Crippen molar-refractivity contribution in [1.29, 1.82) is 0 Å². The number of hydrogen-bond donors (Lipinski definition) is 0. The number of hydrogen-bond acceptors (Lipinski definition) is 0. The van der Waals surface area contributed by atoms with E-state index in [1.165, 1.54) is 25.7 Å². The largest absolute Gasteiger partial charge is 4.00 e. The fourth-order valence-electron chi connectivity index (χ4n) is 3.05. The summed E-state index contributed by atoms with van der Waals surface area (Å²) in [6, 6.07) is 36.3. The van der Waals surface area contributed by atoms with Crippen molar-refractivity contribution in [3.8, 4) is 0 Å². The van der Waals surface area contributed by atoms with Crippen molar-refractivity contribution in [2.24, 2.45) is 0 Å². The minimum Gasteiger partial charge on any atom is -0.210 e. The Kier molecular flexibility index (Phi) is 13.7. The van der Waals surface area contributed by atoms with Crippen molar-refractivity contribution in [3.63, 3.8) is 0 Å². The maximum Gasteiger partial charge on any atom is 4.00 e. The van der Waals surface area contributed by atoms with E-state index in [0.717, 1.165) is 16.7 Å². The molecule has 156 valence electrons. The molecule has 0 aliphatic heterocycles. The third-order valence-electron chi connectivity index (χ3n) is 4.68. The molecule has 1 heteroatoms. The molecule has 0 N–H and O–H groups in total. The Morgan fingerprint density at radius 2 is 0.903 bits per heavy atom. The van der Waals surface area contributed by atoms with Crippen molar-refractivity contribution in [2.75, 3.05) is 0 Å². The maximum absolute atomic E-state index is 3.72. The van der Waals surface area contributed by atoms with E-state index in [2.05, 4.69) is 39.0 Å². The van der Waals surface area contributed by atoms with Crippen LogP contribution in [0.4, 0.5) is 0 Å². The van der Waals surface area contributed by atoms with E-state index in [1.54, 1.807) is 11.1 Å². The van der Waals surface area contributed by atoms with Gasteiger partial charge in [0.2, 0.25) is 0 Å². The molecule has 1 aliphatic rings. The Morgan fingerprint density at radius 1 is 0.516 bits per heavy atom. The zero-order chi connectivity index (χ0) is 21.4. The van der Waals surface area contributed by atoms with Crippen LogP contribution in [0.1, 0.15) is 40.7 Å². The average molecular weight is 440 g/mol. The van der Waals surface area contributed by atoms with Crippen LogP contribution in [0.2, 0.25) is 0 Å². The molecule has 5 rings (SSSR count). The Hall–Kier alpha value is -2.67. The van der Waals surface area contributed by atoms with Crippen LogP contribution in [0.25, 0.3) is 0 Å². The molecule has 0 amide bonds. The molecule has 4 aromatic carbocycles. The number of fused-ring (bicyclic) bond motifs is 1. The molecule has 0 radical (unpaired) electrons. The summed E-state index contributed by atoms with van der Waals surface area (Å²) in [5, 5.41) is 0. The summed E-state index contributed by atoms with van der Waals surface area (Å²) in [6.45, 7) is 11.2. The van der Waals surface area contributed by atoms with E-state index in [4.69, 9.17) is 0 Å². The monoisotopic (exact) mass is 440 g/mol. The van der Waals surface area contributed by atoms with Crippen molar-refractivity contribution >= 4 is 0 Å². The van der Waals surface area contributed by atoms with Gasteiger partial charge < -0.3 is 0 Å². The third kappa shape index (κ3) is 11.9. The van der Waals surface area contributed by atoms with E-state index >= 15 is 0 Å². The molecule has 0 fully saturated rings. The molecule has 0 saturated carbocycles. The summed E-state index contributed by atoms with van der Waals surface area (Å²) in [7, 11) is 0. The Balaban J connectivity index is 0.000000206. The van der Waals surface area contributed by atoms with Crippen molar-refractivity contribution < 1.29 is 21.7 Å². The van der Waals surface area contributed by atoms with Gasteiger partial charge in [-0.15, -0.1) is 36.4 Å². The molecule has 0 bridgehead atoms. The fraction of sp³-hybridized carbons (Fsp3) is 0.133.